The van der Waals surface area contributed by atoms with Crippen LogP contribution in [0.3, 0.4) is 0 Å². The highest BCUT2D eigenvalue weighted by Gasteiger charge is 2.40. The van der Waals surface area contributed by atoms with E-state index in [4.69, 9.17) is 21.1 Å². The maximum Gasteiger partial charge on any atom is 0.330 e. The molecular formula is C24H24ClN3O4. The van der Waals surface area contributed by atoms with Crippen molar-refractivity contribution < 1.29 is 14.3 Å². The molecule has 0 unspecified atom stereocenters. The summed E-state index contributed by atoms with van der Waals surface area (Å²) < 4.78 is 14.1. The fourth-order valence-electron chi connectivity index (χ4n) is 4.63. The van der Waals surface area contributed by atoms with E-state index in [1.807, 2.05) is 6.07 Å². The monoisotopic (exact) mass is 453 g/mol. The minimum Gasteiger partial charge on any atom is -0.495 e. The summed E-state index contributed by atoms with van der Waals surface area (Å²) in [6, 6.07) is 12.8. The summed E-state index contributed by atoms with van der Waals surface area (Å²) in [4.78, 5) is 25.3. The van der Waals surface area contributed by atoms with Crippen molar-refractivity contribution in [3.8, 4) is 11.8 Å². The molecule has 0 amide bonds. The van der Waals surface area contributed by atoms with Gasteiger partial charge in [-0.2, -0.15) is 5.26 Å². The van der Waals surface area contributed by atoms with Crippen molar-refractivity contribution >= 4 is 28.6 Å². The minimum atomic E-state index is -0.599. The SMILES string of the molecule is COc1ccc(Cn2c(=O)n(C3(COC(C)=O)CCCC3)c3ccc(C#N)cc32)cc1Cl. The molecule has 0 aliphatic heterocycles. The Morgan fingerprint density at radius 3 is 2.56 bits per heavy atom. The van der Waals surface area contributed by atoms with Crippen LogP contribution in [0.4, 0.5) is 0 Å². The fourth-order valence-corrected chi connectivity index (χ4v) is 4.91. The molecule has 0 atom stereocenters. The van der Waals surface area contributed by atoms with Gasteiger partial charge in [0.25, 0.3) is 0 Å². The molecular weight excluding hydrogens is 430 g/mol. The van der Waals surface area contributed by atoms with E-state index in [-0.39, 0.29) is 24.8 Å². The van der Waals surface area contributed by atoms with Gasteiger partial charge in [-0.3, -0.25) is 13.9 Å². The van der Waals surface area contributed by atoms with Gasteiger partial charge in [0.05, 0.1) is 46.9 Å². The van der Waals surface area contributed by atoms with Crippen molar-refractivity contribution in [3.05, 3.63) is 63.0 Å². The van der Waals surface area contributed by atoms with Gasteiger partial charge >= 0.3 is 11.7 Å². The Bertz CT molecular complexity index is 1280. The molecule has 1 aliphatic rings. The number of esters is 1. The molecule has 3 aromatic rings. The van der Waals surface area contributed by atoms with Crippen molar-refractivity contribution in [1.29, 1.82) is 5.26 Å². The van der Waals surface area contributed by atoms with Gasteiger partial charge in [-0.1, -0.05) is 30.5 Å². The third-order valence-corrected chi connectivity index (χ3v) is 6.46. The molecule has 2 aromatic carbocycles. The lowest BCUT2D eigenvalue weighted by molar-refractivity contribution is -0.144. The van der Waals surface area contributed by atoms with Crippen molar-refractivity contribution in [2.24, 2.45) is 0 Å². The number of ether oxygens (including phenoxy) is 2. The Hall–Kier alpha value is -3.24. The highest BCUT2D eigenvalue weighted by molar-refractivity contribution is 6.32. The summed E-state index contributed by atoms with van der Waals surface area (Å²) in [7, 11) is 1.55. The maximum atomic E-state index is 13.8. The first-order valence-corrected chi connectivity index (χ1v) is 10.9. The number of nitriles is 1. The molecule has 7 nitrogen and oxygen atoms in total. The third kappa shape index (κ3) is 3.87. The van der Waals surface area contributed by atoms with Gasteiger partial charge in [-0.15, -0.1) is 0 Å². The lowest BCUT2D eigenvalue weighted by Gasteiger charge is -2.30. The van der Waals surface area contributed by atoms with Crippen LogP contribution >= 0.6 is 11.6 Å². The van der Waals surface area contributed by atoms with Gasteiger partial charge in [0.15, 0.2) is 0 Å². The molecule has 166 valence electrons. The van der Waals surface area contributed by atoms with E-state index in [0.717, 1.165) is 36.8 Å². The number of halogens is 1. The largest absolute Gasteiger partial charge is 0.495 e. The molecule has 0 N–H and O–H groups in total. The van der Waals surface area contributed by atoms with Crippen LogP contribution in [0.1, 0.15) is 43.7 Å². The van der Waals surface area contributed by atoms with Crippen molar-refractivity contribution in [2.45, 2.75) is 44.7 Å². The lowest BCUT2D eigenvalue weighted by atomic mass is 9.98. The quantitative estimate of drug-likeness (QED) is 0.521. The molecule has 0 bridgehead atoms. The van der Waals surface area contributed by atoms with Gasteiger partial charge in [0.1, 0.15) is 12.4 Å². The van der Waals surface area contributed by atoms with Crippen molar-refractivity contribution in [1.82, 2.24) is 9.13 Å². The predicted molar refractivity (Wildman–Crippen MR) is 121 cm³/mol. The number of hydrogen-bond donors (Lipinski definition) is 0. The summed E-state index contributed by atoms with van der Waals surface area (Å²) in [5, 5.41) is 9.88. The molecule has 1 heterocycles. The number of carbonyl (C=O) groups is 1. The Balaban J connectivity index is 1.89. The first kappa shape index (κ1) is 22.0. The molecule has 1 fully saturated rings. The molecule has 4 rings (SSSR count). The summed E-state index contributed by atoms with van der Waals surface area (Å²) in [6.45, 7) is 1.81. The summed E-state index contributed by atoms with van der Waals surface area (Å²) in [5.74, 6) is 0.191. The Labute approximate surface area is 190 Å². The molecule has 1 saturated carbocycles. The third-order valence-electron chi connectivity index (χ3n) is 6.17. The minimum absolute atomic E-state index is 0.149. The average Bonchev–Trinajstić information content (AvgIpc) is 3.36. The molecule has 1 aromatic heterocycles. The summed E-state index contributed by atoms with van der Waals surface area (Å²) in [6.07, 6.45) is 3.39. The Kier molecular flexibility index (Phi) is 5.98. The lowest BCUT2D eigenvalue weighted by Crippen LogP contribution is -2.43. The number of methoxy groups -OCH3 is 1. The highest BCUT2D eigenvalue weighted by Crippen LogP contribution is 2.38. The smallest absolute Gasteiger partial charge is 0.330 e. The van der Waals surface area contributed by atoms with E-state index >= 15 is 0 Å². The van der Waals surface area contributed by atoms with Gasteiger partial charge in [-0.25, -0.2) is 4.79 Å². The highest BCUT2D eigenvalue weighted by atomic mass is 35.5. The zero-order chi connectivity index (χ0) is 22.9. The van der Waals surface area contributed by atoms with Crippen LogP contribution in [0.5, 0.6) is 5.75 Å². The normalized spacial score (nSPS) is 14.9. The fraction of sp³-hybridized carbons (Fsp3) is 0.375. The first-order valence-electron chi connectivity index (χ1n) is 10.5. The average molecular weight is 454 g/mol. The van der Waals surface area contributed by atoms with E-state index in [2.05, 4.69) is 6.07 Å². The van der Waals surface area contributed by atoms with E-state index in [0.29, 0.717) is 21.9 Å². The van der Waals surface area contributed by atoms with Crippen LogP contribution in [0, 0.1) is 11.3 Å². The first-order chi connectivity index (χ1) is 15.4. The van der Waals surface area contributed by atoms with E-state index in [1.54, 1.807) is 46.6 Å². The van der Waals surface area contributed by atoms with Gasteiger partial charge in [0.2, 0.25) is 0 Å². The van der Waals surface area contributed by atoms with Gasteiger partial charge < -0.3 is 9.47 Å². The van der Waals surface area contributed by atoms with Crippen molar-refractivity contribution in [2.75, 3.05) is 13.7 Å². The van der Waals surface area contributed by atoms with Crippen LogP contribution in [0.2, 0.25) is 5.02 Å². The number of hydrogen-bond acceptors (Lipinski definition) is 5. The van der Waals surface area contributed by atoms with E-state index < -0.39 is 5.54 Å². The zero-order valence-corrected chi connectivity index (χ0v) is 18.8. The standard InChI is InChI=1S/C24H24ClN3O4/c1-16(29)32-15-24(9-3-4-10-24)28-20-7-5-17(13-26)12-21(20)27(23(28)30)14-18-6-8-22(31-2)19(25)11-18/h5-8,11-12H,3-4,9-10,14-15H2,1-2H3. The second-order valence-electron chi connectivity index (χ2n) is 8.20. The molecule has 1 aliphatic carbocycles. The predicted octanol–water partition coefficient (Wildman–Crippen LogP) is 4.22. The topological polar surface area (TPSA) is 86.2 Å². The van der Waals surface area contributed by atoms with Crippen molar-refractivity contribution in [3.63, 3.8) is 0 Å². The van der Waals surface area contributed by atoms with Gasteiger partial charge in [-0.05, 0) is 48.7 Å². The summed E-state index contributed by atoms with van der Waals surface area (Å²) >= 11 is 6.29. The number of fused-ring (bicyclic) bond motifs is 1. The number of rotatable bonds is 6. The molecule has 0 saturated heterocycles. The number of benzene rings is 2. The molecule has 0 radical (unpaired) electrons. The van der Waals surface area contributed by atoms with Crippen LogP contribution in [-0.4, -0.2) is 28.8 Å². The molecule has 0 spiro atoms. The Morgan fingerprint density at radius 2 is 1.94 bits per heavy atom. The maximum absolute atomic E-state index is 13.8. The second-order valence-corrected chi connectivity index (χ2v) is 8.61. The van der Waals surface area contributed by atoms with Crippen LogP contribution < -0.4 is 10.4 Å². The number of imidazole rings is 1. The number of aromatic nitrogens is 2. The number of nitrogens with zero attached hydrogens (tertiary/aromatic N) is 3. The molecule has 8 heteroatoms. The second kappa shape index (κ2) is 8.71. The number of carbonyl (C=O) groups excluding carboxylic acids is 1. The van der Waals surface area contributed by atoms with E-state index in [1.165, 1.54) is 6.92 Å². The zero-order valence-electron chi connectivity index (χ0n) is 18.1. The van der Waals surface area contributed by atoms with Gasteiger partial charge in [0, 0.05) is 6.92 Å². The Morgan fingerprint density at radius 1 is 1.19 bits per heavy atom. The summed E-state index contributed by atoms with van der Waals surface area (Å²) in [5.41, 5.74) is 1.89. The van der Waals surface area contributed by atoms with Crippen LogP contribution in [0.25, 0.3) is 11.0 Å². The molecule has 32 heavy (non-hydrogen) atoms. The van der Waals surface area contributed by atoms with Crippen LogP contribution in [0.15, 0.2) is 41.2 Å². The van der Waals surface area contributed by atoms with Crippen LogP contribution in [-0.2, 0) is 21.6 Å². The van der Waals surface area contributed by atoms with E-state index in [9.17, 15) is 14.9 Å².